The number of esters is 1. The van der Waals surface area contributed by atoms with E-state index in [0.29, 0.717) is 13.1 Å². The lowest BCUT2D eigenvalue weighted by molar-refractivity contribution is -0.147. The molecular weight excluding hydrogens is 444 g/mol. The van der Waals surface area contributed by atoms with Crippen molar-refractivity contribution >= 4 is 33.4 Å². The second-order valence-electron chi connectivity index (χ2n) is 8.41. The van der Waals surface area contributed by atoms with Gasteiger partial charge in [0.2, 0.25) is 15.9 Å². The Balaban J connectivity index is 1.32. The highest BCUT2D eigenvalue weighted by atomic mass is 32.2. The molecule has 1 atom stereocenters. The Morgan fingerprint density at radius 3 is 2.27 bits per heavy atom. The average molecular weight is 471 g/mol. The maximum atomic E-state index is 12.6. The quantitative estimate of drug-likeness (QED) is 0.455. The van der Waals surface area contributed by atoms with Crippen LogP contribution in [0.1, 0.15) is 35.2 Å². The predicted molar refractivity (Wildman–Crippen MR) is 121 cm³/mol. The zero-order valence-corrected chi connectivity index (χ0v) is 19.2. The Labute approximate surface area is 193 Å². The predicted octanol–water partition coefficient (Wildman–Crippen LogP) is 2.56. The molecule has 0 radical (unpaired) electrons. The molecule has 0 aromatic heterocycles. The van der Waals surface area contributed by atoms with Crippen molar-refractivity contribution in [3.8, 4) is 0 Å². The molecule has 8 nitrogen and oxygen atoms in total. The van der Waals surface area contributed by atoms with Crippen LogP contribution >= 0.6 is 0 Å². The van der Waals surface area contributed by atoms with Gasteiger partial charge in [-0.25, -0.2) is 8.42 Å². The number of Topliss-reactive ketones (excluding diaryl/α,β-unsaturated/α-hetero) is 1. The van der Waals surface area contributed by atoms with Gasteiger partial charge in [-0.1, -0.05) is 17.7 Å². The van der Waals surface area contributed by atoms with Gasteiger partial charge in [0.25, 0.3) is 0 Å². The van der Waals surface area contributed by atoms with E-state index in [0.717, 1.165) is 24.1 Å². The summed E-state index contributed by atoms with van der Waals surface area (Å²) in [6.45, 7) is 2.70. The molecule has 2 aromatic rings. The molecule has 2 aliphatic heterocycles. The smallest absolute Gasteiger partial charge is 0.311 e. The Morgan fingerprint density at radius 2 is 1.64 bits per heavy atom. The minimum Gasteiger partial charge on any atom is -0.457 e. The van der Waals surface area contributed by atoms with Crippen molar-refractivity contribution in [1.82, 2.24) is 4.31 Å². The van der Waals surface area contributed by atoms with Crippen LogP contribution in [0.25, 0.3) is 0 Å². The Bertz CT molecular complexity index is 1150. The van der Waals surface area contributed by atoms with Gasteiger partial charge in [0, 0.05) is 37.3 Å². The summed E-state index contributed by atoms with van der Waals surface area (Å²) in [6.07, 6.45) is 1.72. The van der Waals surface area contributed by atoms with Crippen LogP contribution in [0.5, 0.6) is 0 Å². The summed E-state index contributed by atoms with van der Waals surface area (Å²) in [5.41, 5.74) is 2.05. The first-order valence-corrected chi connectivity index (χ1v) is 12.4. The maximum Gasteiger partial charge on any atom is 0.311 e. The Kier molecular flexibility index (Phi) is 6.62. The van der Waals surface area contributed by atoms with Gasteiger partial charge in [0.15, 0.2) is 12.4 Å². The summed E-state index contributed by atoms with van der Waals surface area (Å²) in [7, 11) is -3.55. The van der Waals surface area contributed by atoms with E-state index in [1.165, 1.54) is 28.6 Å². The maximum absolute atomic E-state index is 12.6. The number of carbonyl (C=O) groups excluding carboxylic acids is 3. The van der Waals surface area contributed by atoms with Crippen molar-refractivity contribution in [1.29, 1.82) is 0 Å². The number of benzene rings is 2. The Morgan fingerprint density at radius 1 is 1.00 bits per heavy atom. The van der Waals surface area contributed by atoms with Crippen LogP contribution in [0.4, 0.5) is 5.69 Å². The van der Waals surface area contributed by atoms with Crippen molar-refractivity contribution in [3.63, 3.8) is 0 Å². The molecule has 174 valence electrons. The first-order valence-electron chi connectivity index (χ1n) is 10.9. The van der Waals surface area contributed by atoms with E-state index in [9.17, 15) is 22.8 Å². The largest absolute Gasteiger partial charge is 0.457 e. The topological polar surface area (TPSA) is 101 Å². The number of ether oxygens (including phenoxy) is 1. The molecule has 2 heterocycles. The number of sulfonamides is 1. The van der Waals surface area contributed by atoms with E-state index >= 15 is 0 Å². The molecule has 2 fully saturated rings. The summed E-state index contributed by atoms with van der Waals surface area (Å²) in [4.78, 5) is 38.9. The average Bonchev–Trinajstić information content (AvgIpc) is 3.49. The highest BCUT2D eigenvalue weighted by molar-refractivity contribution is 7.89. The number of hydrogen-bond acceptors (Lipinski definition) is 6. The molecule has 1 unspecified atom stereocenters. The molecular formula is C24H26N2O6S. The number of hydrogen-bond donors (Lipinski definition) is 0. The fourth-order valence-electron chi connectivity index (χ4n) is 4.07. The van der Waals surface area contributed by atoms with Gasteiger partial charge < -0.3 is 9.64 Å². The van der Waals surface area contributed by atoms with Crippen LogP contribution in [0, 0.1) is 12.8 Å². The van der Waals surface area contributed by atoms with Gasteiger partial charge in [0.1, 0.15) is 0 Å². The van der Waals surface area contributed by atoms with Gasteiger partial charge in [-0.3, -0.25) is 14.4 Å². The van der Waals surface area contributed by atoms with Crippen LogP contribution in [0.2, 0.25) is 0 Å². The first kappa shape index (κ1) is 23.1. The zero-order chi connectivity index (χ0) is 23.6. The second-order valence-corrected chi connectivity index (χ2v) is 10.3. The molecule has 2 aliphatic rings. The van der Waals surface area contributed by atoms with Crippen LogP contribution in [-0.2, 0) is 24.3 Å². The van der Waals surface area contributed by atoms with Gasteiger partial charge in [-0.2, -0.15) is 4.31 Å². The summed E-state index contributed by atoms with van der Waals surface area (Å²) in [6, 6.07) is 13.1. The third-order valence-electron chi connectivity index (χ3n) is 6.03. The summed E-state index contributed by atoms with van der Waals surface area (Å²) in [5.74, 6) is -1.84. The zero-order valence-electron chi connectivity index (χ0n) is 18.4. The van der Waals surface area contributed by atoms with Gasteiger partial charge in [-0.15, -0.1) is 0 Å². The number of carbonyl (C=O) groups is 3. The van der Waals surface area contributed by atoms with Crippen LogP contribution in [-0.4, -0.2) is 56.6 Å². The van der Waals surface area contributed by atoms with Crippen molar-refractivity contribution in [2.24, 2.45) is 5.92 Å². The summed E-state index contributed by atoms with van der Waals surface area (Å²) < 4.78 is 31.8. The lowest BCUT2D eigenvalue weighted by Gasteiger charge is -2.16. The SMILES string of the molecule is Cc1ccc(N2CC(C(=O)OCC(=O)c3ccc(S(=O)(=O)N4CCCC4)cc3)CC2=O)cc1. The lowest BCUT2D eigenvalue weighted by Crippen LogP contribution is -2.28. The number of amides is 1. The molecule has 2 saturated heterocycles. The van der Waals surface area contributed by atoms with E-state index < -0.39 is 34.3 Å². The first-order chi connectivity index (χ1) is 15.8. The van der Waals surface area contributed by atoms with Gasteiger partial charge in [0.05, 0.1) is 10.8 Å². The summed E-state index contributed by atoms with van der Waals surface area (Å²) >= 11 is 0. The minimum atomic E-state index is -3.55. The Hall–Kier alpha value is -3.04. The van der Waals surface area contributed by atoms with E-state index in [1.54, 1.807) is 4.90 Å². The minimum absolute atomic E-state index is 0.0317. The third-order valence-corrected chi connectivity index (χ3v) is 7.94. The standard InChI is InChI=1S/C24H26N2O6S/c1-17-4-8-20(9-5-17)26-15-19(14-23(26)28)24(29)32-16-22(27)18-6-10-21(11-7-18)33(30,31)25-12-2-3-13-25/h4-11,19H,2-3,12-16H2,1H3. The number of anilines is 1. The number of aryl methyl sites for hydroxylation is 1. The number of rotatable bonds is 7. The van der Waals surface area contributed by atoms with Crippen LogP contribution < -0.4 is 4.90 Å². The van der Waals surface area contributed by atoms with Crippen molar-refractivity contribution < 1.29 is 27.5 Å². The molecule has 0 spiro atoms. The molecule has 0 saturated carbocycles. The number of ketones is 1. The molecule has 0 bridgehead atoms. The van der Waals surface area contributed by atoms with Crippen molar-refractivity contribution in [3.05, 3.63) is 59.7 Å². The highest BCUT2D eigenvalue weighted by Crippen LogP contribution is 2.26. The van der Waals surface area contributed by atoms with E-state index in [-0.39, 0.29) is 29.3 Å². The van der Waals surface area contributed by atoms with Gasteiger partial charge in [-0.05, 0) is 56.2 Å². The van der Waals surface area contributed by atoms with E-state index in [4.69, 9.17) is 4.74 Å². The second kappa shape index (κ2) is 9.44. The lowest BCUT2D eigenvalue weighted by atomic mass is 10.1. The van der Waals surface area contributed by atoms with Crippen molar-refractivity contribution in [2.45, 2.75) is 31.1 Å². The normalized spacial score (nSPS) is 19.1. The van der Waals surface area contributed by atoms with Crippen LogP contribution in [0.15, 0.2) is 53.4 Å². The van der Waals surface area contributed by atoms with Crippen LogP contribution in [0.3, 0.4) is 0 Å². The van der Waals surface area contributed by atoms with E-state index in [1.807, 2.05) is 31.2 Å². The molecule has 2 aromatic carbocycles. The fraction of sp³-hybridized carbons (Fsp3) is 0.375. The molecule has 4 rings (SSSR count). The van der Waals surface area contributed by atoms with Crippen molar-refractivity contribution in [2.75, 3.05) is 31.1 Å². The molecule has 0 N–H and O–H groups in total. The fourth-order valence-corrected chi connectivity index (χ4v) is 5.58. The molecule has 1 amide bonds. The molecule has 33 heavy (non-hydrogen) atoms. The molecule has 0 aliphatic carbocycles. The monoisotopic (exact) mass is 470 g/mol. The number of nitrogens with zero attached hydrogens (tertiary/aromatic N) is 2. The highest BCUT2D eigenvalue weighted by Gasteiger charge is 2.36. The van der Waals surface area contributed by atoms with Gasteiger partial charge >= 0.3 is 5.97 Å². The van der Waals surface area contributed by atoms with E-state index in [2.05, 4.69) is 0 Å². The third kappa shape index (κ3) is 4.99. The molecule has 9 heteroatoms. The summed E-state index contributed by atoms with van der Waals surface area (Å²) in [5, 5.41) is 0.